The maximum atomic E-state index is 11.3. The lowest BCUT2D eigenvalue weighted by molar-refractivity contribution is -0.122. The summed E-state index contributed by atoms with van der Waals surface area (Å²) in [6.45, 7) is 5.74. The molecule has 5 heteroatoms. The van der Waals surface area contributed by atoms with Crippen molar-refractivity contribution in [3.63, 3.8) is 0 Å². The Hall–Kier alpha value is -1.65. The first-order chi connectivity index (χ1) is 8.14. The number of aldehydes is 2. The summed E-state index contributed by atoms with van der Waals surface area (Å²) in [5.41, 5.74) is -1.50. The van der Waals surface area contributed by atoms with Crippen molar-refractivity contribution < 1.29 is 19.1 Å². The highest BCUT2D eigenvalue weighted by atomic mass is 16.5. The third-order valence-corrected chi connectivity index (χ3v) is 2.25. The van der Waals surface area contributed by atoms with Crippen molar-refractivity contribution in [3.05, 3.63) is 12.7 Å². The summed E-state index contributed by atoms with van der Waals surface area (Å²) in [6, 6.07) is 0. The van der Waals surface area contributed by atoms with Crippen LogP contribution in [0.2, 0.25) is 0 Å². The first kappa shape index (κ1) is 15.3. The van der Waals surface area contributed by atoms with E-state index in [1.54, 1.807) is 6.08 Å². The van der Waals surface area contributed by atoms with Gasteiger partial charge < -0.3 is 19.6 Å². The van der Waals surface area contributed by atoms with Crippen LogP contribution in [0, 0.1) is 0 Å². The van der Waals surface area contributed by atoms with Crippen molar-refractivity contribution in [1.82, 2.24) is 5.32 Å². The van der Waals surface area contributed by atoms with Gasteiger partial charge in [0.15, 0.2) is 18.1 Å². The minimum Gasteiger partial charge on any atom is -0.450 e. The summed E-state index contributed by atoms with van der Waals surface area (Å²) < 4.78 is 4.83. The third-order valence-electron chi connectivity index (χ3n) is 2.25. The maximum Gasteiger partial charge on any atom is 0.408 e. The largest absolute Gasteiger partial charge is 0.450 e. The Labute approximate surface area is 101 Å². The molecule has 17 heavy (non-hydrogen) atoms. The van der Waals surface area contributed by atoms with Crippen molar-refractivity contribution in [3.8, 4) is 0 Å². The molecule has 0 aromatic heterocycles. The van der Waals surface area contributed by atoms with Gasteiger partial charge in [0.05, 0.1) is 6.61 Å². The van der Waals surface area contributed by atoms with E-state index in [2.05, 4.69) is 11.9 Å². The van der Waals surface area contributed by atoms with Gasteiger partial charge in [-0.3, -0.25) is 0 Å². The number of hydrogen-bond acceptors (Lipinski definition) is 4. The van der Waals surface area contributed by atoms with E-state index in [0.717, 1.165) is 12.8 Å². The summed E-state index contributed by atoms with van der Waals surface area (Å²) in [6.07, 6.45) is 3.95. The molecule has 0 aromatic carbocycles. The van der Waals surface area contributed by atoms with E-state index in [-0.39, 0.29) is 13.0 Å². The number of alkyl carbamates (subject to hydrolysis) is 1. The first-order valence-electron chi connectivity index (χ1n) is 5.62. The van der Waals surface area contributed by atoms with E-state index in [1.807, 2.05) is 6.92 Å². The van der Waals surface area contributed by atoms with Gasteiger partial charge in [0.25, 0.3) is 0 Å². The normalized spacial score (nSPS) is 10.4. The molecule has 1 N–H and O–H groups in total. The second-order valence-electron chi connectivity index (χ2n) is 3.72. The Balaban J connectivity index is 4.31. The Morgan fingerprint density at radius 1 is 1.41 bits per heavy atom. The van der Waals surface area contributed by atoms with E-state index in [1.165, 1.54) is 0 Å². The number of unbranched alkanes of at least 4 members (excludes halogenated alkanes) is 1. The molecule has 0 saturated carbocycles. The Morgan fingerprint density at radius 3 is 2.53 bits per heavy atom. The minimum atomic E-state index is -1.50. The molecule has 0 atom stereocenters. The zero-order chi connectivity index (χ0) is 13.1. The summed E-state index contributed by atoms with van der Waals surface area (Å²) in [5.74, 6) is 0. The standard InChI is InChI=1S/C12H19NO4/c1-3-5-7-12(9-14,10-15)13-11(16)17-8-6-4-2/h3,9-10H,1,4-8H2,2H3,(H,13,16). The molecule has 96 valence electrons. The van der Waals surface area contributed by atoms with Crippen LogP contribution in [0.1, 0.15) is 32.6 Å². The van der Waals surface area contributed by atoms with Gasteiger partial charge in [-0.2, -0.15) is 0 Å². The highest BCUT2D eigenvalue weighted by Gasteiger charge is 2.31. The maximum absolute atomic E-state index is 11.3. The fourth-order valence-electron chi connectivity index (χ4n) is 1.14. The van der Waals surface area contributed by atoms with Crippen LogP contribution in [0.5, 0.6) is 0 Å². The van der Waals surface area contributed by atoms with Gasteiger partial charge in [-0.25, -0.2) is 4.79 Å². The van der Waals surface area contributed by atoms with E-state index in [9.17, 15) is 14.4 Å². The predicted molar refractivity (Wildman–Crippen MR) is 63.7 cm³/mol. The molecule has 0 heterocycles. The van der Waals surface area contributed by atoms with Crippen LogP contribution < -0.4 is 5.32 Å². The second kappa shape index (κ2) is 8.50. The van der Waals surface area contributed by atoms with E-state index in [0.29, 0.717) is 19.0 Å². The lowest BCUT2D eigenvalue weighted by Gasteiger charge is -2.21. The molecule has 0 fully saturated rings. The van der Waals surface area contributed by atoms with Crippen LogP contribution in [0.15, 0.2) is 12.7 Å². The summed E-state index contributed by atoms with van der Waals surface area (Å²) in [4.78, 5) is 33.1. The number of amides is 1. The fraction of sp³-hybridized carbons (Fsp3) is 0.583. The highest BCUT2D eigenvalue weighted by molar-refractivity contribution is 5.93. The number of carbonyl (C=O) groups is 3. The van der Waals surface area contributed by atoms with Crippen LogP contribution in [0.25, 0.3) is 0 Å². The van der Waals surface area contributed by atoms with Crippen LogP contribution in [-0.4, -0.2) is 30.8 Å². The molecule has 0 spiro atoms. The van der Waals surface area contributed by atoms with Crippen molar-refractivity contribution in [2.24, 2.45) is 0 Å². The number of ether oxygens (including phenoxy) is 1. The van der Waals surface area contributed by atoms with Gasteiger partial charge in [0.1, 0.15) is 0 Å². The van der Waals surface area contributed by atoms with E-state index < -0.39 is 11.6 Å². The number of carbonyl (C=O) groups excluding carboxylic acids is 3. The molecule has 0 aromatic rings. The average Bonchev–Trinajstić information content (AvgIpc) is 2.35. The van der Waals surface area contributed by atoms with Crippen LogP contribution in [-0.2, 0) is 14.3 Å². The molecule has 0 rings (SSSR count). The SMILES string of the molecule is C=CCCC(C=O)(C=O)NC(=O)OCCCC. The Kier molecular flexibility index (Phi) is 7.67. The zero-order valence-corrected chi connectivity index (χ0v) is 10.1. The molecular formula is C12H19NO4. The summed E-state index contributed by atoms with van der Waals surface area (Å²) in [7, 11) is 0. The average molecular weight is 241 g/mol. The van der Waals surface area contributed by atoms with Gasteiger partial charge in [-0.05, 0) is 19.3 Å². The molecule has 0 aliphatic rings. The van der Waals surface area contributed by atoms with Crippen LogP contribution in [0.4, 0.5) is 4.79 Å². The Morgan fingerprint density at radius 2 is 2.06 bits per heavy atom. The quantitative estimate of drug-likeness (QED) is 0.288. The minimum absolute atomic E-state index is 0.187. The van der Waals surface area contributed by atoms with E-state index in [4.69, 9.17) is 4.74 Å². The van der Waals surface area contributed by atoms with Gasteiger partial charge in [0, 0.05) is 0 Å². The van der Waals surface area contributed by atoms with E-state index >= 15 is 0 Å². The lowest BCUT2D eigenvalue weighted by atomic mass is 9.97. The van der Waals surface area contributed by atoms with Crippen molar-refractivity contribution in [2.75, 3.05) is 6.61 Å². The second-order valence-corrected chi connectivity index (χ2v) is 3.72. The number of nitrogens with one attached hydrogen (secondary N) is 1. The van der Waals surface area contributed by atoms with Gasteiger partial charge in [-0.15, -0.1) is 6.58 Å². The molecule has 0 bridgehead atoms. The predicted octanol–water partition coefficient (Wildman–Crippen LogP) is 1.62. The number of hydrogen-bond donors (Lipinski definition) is 1. The molecular weight excluding hydrogens is 222 g/mol. The third kappa shape index (κ3) is 5.85. The lowest BCUT2D eigenvalue weighted by Crippen LogP contribution is -2.51. The van der Waals surface area contributed by atoms with Crippen LogP contribution in [0.3, 0.4) is 0 Å². The van der Waals surface area contributed by atoms with Crippen LogP contribution >= 0.6 is 0 Å². The van der Waals surface area contributed by atoms with Gasteiger partial charge in [-0.1, -0.05) is 19.4 Å². The first-order valence-corrected chi connectivity index (χ1v) is 5.62. The Bertz CT molecular complexity index is 268. The molecule has 1 amide bonds. The van der Waals surface area contributed by atoms with Crippen molar-refractivity contribution in [1.29, 1.82) is 0 Å². The van der Waals surface area contributed by atoms with Crippen molar-refractivity contribution >= 4 is 18.7 Å². The monoisotopic (exact) mass is 241 g/mol. The fourth-order valence-corrected chi connectivity index (χ4v) is 1.14. The topological polar surface area (TPSA) is 72.5 Å². The molecule has 0 saturated heterocycles. The molecule has 5 nitrogen and oxygen atoms in total. The number of allylic oxidation sites excluding steroid dienone is 1. The van der Waals surface area contributed by atoms with Gasteiger partial charge >= 0.3 is 6.09 Å². The number of rotatable bonds is 9. The smallest absolute Gasteiger partial charge is 0.408 e. The molecule has 0 unspecified atom stereocenters. The molecule has 0 radical (unpaired) electrons. The zero-order valence-electron chi connectivity index (χ0n) is 10.1. The highest BCUT2D eigenvalue weighted by Crippen LogP contribution is 2.08. The van der Waals surface area contributed by atoms with Gasteiger partial charge in [0.2, 0.25) is 0 Å². The van der Waals surface area contributed by atoms with Crippen molar-refractivity contribution in [2.45, 2.75) is 38.1 Å². The molecule has 0 aliphatic heterocycles. The summed E-state index contributed by atoms with van der Waals surface area (Å²) >= 11 is 0. The molecule has 0 aliphatic carbocycles. The summed E-state index contributed by atoms with van der Waals surface area (Å²) in [5, 5.41) is 2.28.